The summed E-state index contributed by atoms with van der Waals surface area (Å²) in [5.41, 5.74) is 0.830. The highest BCUT2D eigenvalue weighted by Gasteiger charge is 2.42. The van der Waals surface area contributed by atoms with Crippen molar-refractivity contribution in [1.82, 2.24) is 4.90 Å². The van der Waals surface area contributed by atoms with E-state index < -0.39 is 18.6 Å². The van der Waals surface area contributed by atoms with Gasteiger partial charge in [0.25, 0.3) is 0 Å². The Kier molecular flexibility index (Phi) is 4.77. The third kappa shape index (κ3) is 3.97. The van der Waals surface area contributed by atoms with Gasteiger partial charge in [0.05, 0.1) is 12.7 Å². The van der Waals surface area contributed by atoms with Crippen LogP contribution in [-0.4, -0.2) is 48.3 Å². The molecule has 1 aliphatic carbocycles. The fourth-order valence-electron chi connectivity index (χ4n) is 3.06. The van der Waals surface area contributed by atoms with E-state index in [0.717, 1.165) is 18.4 Å². The summed E-state index contributed by atoms with van der Waals surface area (Å²) in [6, 6.07) is 5.85. The van der Waals surface area contributed by atoms with Gasteiger partial charge in [0.2, 0.25) is 0 Å². The van der Waals surface area contributed by atoms with E-state index in [0.29, 0.717) is 19.7 Å². The molecule has 2 aliphatic rings. The lowest BCUT2D eigenvalue weighted by Gasteiger charge is -2.36. The predicted octanol–water partition coefficient (Wildman–Crippen LogP) is 2.52. The SMILES string of the molecule is O=C(O)C(C1CC1)N1CCOC(c2ccc(OC(F)F)cc2)C1. The van der Waals surface area contributed by atoms with Gasteiger partial charge in [0.1, 0.15) is 11.8 Å². The van der Waals surface area contributed by atoms with Gasteiger partial charge in [-0.3, -0.25) is 9.69 Å². The highest BCUT2D eigenvalue weighted by molar-refractivity contribution is 5.74. The molecule has 1 saturated carbocycles. The normalized spacial score (nSPS) is 23.7. The second-order valence-electron chi connectivity index (χ2n) is 5.92. The van der Waals surface area contributed by atoms with Crippen LogP contribution in [0.15, 0.2) is 24.3 Å². The highest BCUT2D eigenvalue weighted by atomic mass is 19.3. The van der Waals surface area contributed by atoms with Crippen LogP contribution in [0.5, 0.6) is 5.75 Å². The first-order valence-electron chi connectivity index (χ1n) is 7.68. The molecule has 1 heterocycles. The fraction of sp³-hybridized carbons (Fsp3) is 0.562. The van der Waals surface area contributed by atoms with Crippen molar-refractivity contribution in [2.75, 3.05) is 19.7 Å². The van der Waals surface area contributed by atoms with Crippen LogP contribution in [0.25, 0.3) is 0 Å². The van der Waals surface area contributed by atoms with Crippen molar-refractivity contribution >= 4 is 5.97 Å². The van der Waals surface area contributed by atoms with Crippen LogP contribution in [-0.2, 0) is 9.53 Å². The van der Waals surface area contributed by atoms with E-state index in [1.165, 1.54) is 12.1 Å². The zero-order chi connectivity index (χ0) is 16.4. The first kappa shape index (κ1) is 16.1. The molecule has 1 aliphatic heterocycles. The maximum absolute atomic E-state index is 12.2. The third-order valence-electron chi connectivity index (χ3n) is 4.29. The van der Waals surface area contributed by atoms with Crippen LogP contribution in [0.3, 0.4) is 0 Å². The Hall–Kier alpha value is -1.73. The molecule has 0 aromatic heterocycles. The number of benzene rings is 1. The van der Waals surface area contributed by atoms with E-state index in [9.17, 15) is 18.7 Å². The van der Waals surface area contributed by atoms with Gasteiger partial charge < -0.3 is 14.6 Å². The number of ether oxygens (including phenoxy) is 2. The molecule has 1 aromatic rings. The largest absolute Gasteiger partial charge is 0.480 e. The Labute approximate surface area is 132 Å². The number of rotatable bonds is 6. The van der Waals surface area contributed by atoms with Crippen molar-refractivity contribution in [2.24, 2.45) is 5.92 Å². The lowest BCUT2D eigenvalue weighted by Crippen LogP contribution is -2.49. The van der Waals surface area contributed by atoms with Gasteiger partial charge in [-0.2, -0.15) is 8.78 Å². The van der Waals surface area contributed by atoms with Gasteiger partial charge in [-0.1, -0.05) is 12.1 Å². The van der Waals surface area contributed by atoms with E-state index in [1.54, 1.807) is 12.1 Å². The van der Waals surface area contributed by atoms with E-state index in [4.69, 9.17) is 4.74 Å². The second kappa shape index (κ2) is 6.80. The first-order chi connectivity index (χ1) is 11.0. The van der Waals surface area contributed by atoms with Gasteiger partial charge in [0.15, 0.2) is 0 Å². The summed E-state index contributed by atoms with van der Waals surface area (Å²) in [5.74, 6) is -0.459. The number of carboxylic acid groups (broad SMARTS) is 1. The van der Waals surface area contributed by atoms with Gasteiger partial charge in [-0.25, -0.2) is 0 Å². The highest BCUT2D eigenvalue weighted by Crippen LogP contribution is 2.37. The average Bonchev–Trinajstić information content (AvgIpc) is 3.32. The minimum atomic E-state index is -2.85. The molecule has 0 amide bonds. The number of halogens is 2. The third-order valence-corrected chi connectivity index (χ3v) is 4.29. The Morgan fingerprint density at radius 1 is 1.30 bits per heavy atom. The summed E-state index contributed by atoms with van der Waals surface area (Å²) in [7, 11) is 0. The molecule has 7 heteroatoms. The van der Waals surface area contributed by atoms with Crippen molar-refractivity contribution in [3.8, 4) is 5.75 Å². The zero-order valence-electron chi connectivity index (χ0n) is 12.5. The first-order valence-corrected chi connectivity index (χ1v) is 7.68. The van der Waals surface area contributed by atoms with E-state index >= 15 is 0 Å². The van der Waals surface area contributed by atoms with Gasteiger partial charge in [0, 0.05) is 13.1 Å². The van der Waals surface area contributed by atoms with Crippen LogP contribution in [0.4, 0.5) is 8.78 Å². The number of aliphatic carboxylic acids is 1. The average molecular weight is 327 g/mol. The smallest absolute Gasteiger partial charge is 0.387 e. The van der Waals surface area contributed by atoms with Gasteiger partial charge in [-0.15, -0.1) is 0 Å². The Bertz CT molecular complexity index is 548. The molecule has 5 nitrogen and oxygen atoms in total. The number of nitrogens with zero attached hydrogens (tertiary/aromatic N) is 1. The lowest BCUT2D eigenvalue weighted by molar-refractivity contribution is -0.148. The minimum Gasteiger partial charge on any atom is -0.480 e. The number of carboxylic acids is 1. The Morgan fingerprint density at radius 3 is 2.57 bits per heavy atom. The van der Waals surface area contributed by atoms with Crippen LogP contribution in [0.1, 0.15) is 24.5 Å². The topological polar surface area (TPSA) is 59.0 Å². The number of hydrogen-bond donors (Lipinski definition) is 1. The predicted molar refractivity (Wildman–Crippen MR) is 77.5 cm³/mol. The molecular weight excluding hydrogens is 308 g/mol. The quantitative estimate of drug-likeness (QED) is 0.870. The van der Waals surface area contributed by atoms with E-state index in [1.807, 2.05) is 4.90 Å². The monoisotopic (exact) mass is 327 g/mol. The number of morpholine rings is 1. The van der Waals surface area contributed by atoms with Crippen LogP contribution in [0, 0.1) is 5.92 Å². The summed E-state index contributed by atoms with van der Waals surface area (Å²) in [5, 5.41) is 9.44. The molecule has 23 heavy (non-hydrogen) atoms. The summed E-state index contributed by atoms with van der Waals surface area (Å²) in [6.07, 6.45) is 1.65. The lowest BCUT2D eigenvalue weighted by atomic mass is 10.0. The fourth-order valence-corrected chi connectivity index (χ4v) is 3.06. The molecule has 0 radical (unpaired) electrons. The molecule has 2 unspecified atom stereocenters. The summed E-state index contributed by atoms with van der Waals surface area (Å²) in [6.45, 7) is -1.31. The molecule has 3 rings (SSSR count). The zero-order valence-corrected chi connectivity index (χ0v) is 12.5. The molecule has 2 fully saturated rings. The molecule has 1 saturated heterocycles. The number of carbonyl (C=O) groups is 1. The van der Waals surface area contributed by atoms with Crippen molar-refractivity contribution in [3.63, 3.8) is 0 Å². The Balaban J connectivity index is 1.67. The van der Waals surface area contributed by atoms with Crippen LogP contribution >= 0.6 is 0 Å². The van der Waals surface area contributed by atoms with Gasteiger partial charge >= 0.3 is 12.6 Å². The number of hydrogen-bond acceptors (Lipinski definition) is 4. The van der Waals surface area contributed by atoms with Crippen LogP contribution < -0.4 is 4.74 Å². The maximum Gasteiger partial charge on any atom is 0.387 e. The molecule has 1 N–H and O–H groups in total. The molecule has 0 spiro atoms. The summed E-state index contributed by atoms with van der Waals surface area (Å²) >= 11 is 0. The molecular formula is C16H19F2NO4. The summed E-state index contributed by atoms with van der Waals surface area (Å²) in [4.78, 5) is 13.5. The molecule has 1 aromatic carbocycles. The standard InChI is InChI=1S/C16H19F2NO4/c17-16(18)23-12-5-3-10(4-6-12)13-9-19(7-8-22-13)14(15(20)21)11-1-2-11/h3-6,11,13-14,16H,1-2,7-9H2,(H,20,21). The van der Waals surface area contributed by atoms with E-state index in [-0.39, 0.29) is 17.8 Å². The van der Waals surface area contributed by atoms with Crippen molar-refractivity contribution in [3.05, 3.63) is 29.8 Å². The van der Waals surface area contributed by atoms with Crippen molar-refractivity contribution < 1.29 is 28.2 Å². The maximum atomic E-state index is 12.2. The van der Waals surface area contributed by atoms with Gasteiger partial charge in [-0.05, 0) is 36.5 Å². The second-order valence-corrected chi connectivity index (χ2v) is 5.92. The van der Waals surface area contributed by atoms with Crippen molar-refractivity contribution in [1.29, 1.82) is 0 Å². The van der Waals surface area contributed by atoms with Crippen LogP contribution in [0.2, 0.25) is 0 Å². The van der Waals surface area contributed by atoms with Crippen molar-refractivity contribution in [2.45, 2.75) is 31.6 Å². The molecule has 126 valence electrons. The molecule has 2 atom stereocenters. The minimum absolute atomic E-state index is 0.0952. The number of alkyl halides is 2. The Morgan fingerprint density at radius 2 is 2.00 bits per heavy atom. The van der Waals surface area contributed by atoms with E-state index in [2.05, 4.69) is 4.74 Å². The molecule has 0 bridgehead atoms. The summed E-state index contributed by atoms with van der Waals surface area (Å²) < 4.78 is 34.4.